The second-order valence-electron chi connectivity index (χ2n) is 5.58. The van der Waals surface area contributed by atoms with Gasteiger partial charge in [-0.25, -0.2) is 10.8 Å². The topological polar surface area (TPSA) is 73.1 Å². The predicted molar refractivity (Wildman–Crippen MR) is 79.3 cm³/mol. The highest BCUT2D eigenvalue weighted by Gasteiger charge is 2.19. The van der Waals surface area contributed by atoms with Crippen molar-refractivity contribution in [2.45, 2.75) is 32.8 Å². The highest BCUT2D eigenvalue weighted by molar-refractivity contribution is 5.38. The van der Waals surface area contributed by atoms with E-state index >= 15 is 0 Å². The van der Waals surface area contributed by atoms with Crippen LogP contribution in [0.4, 0.5) is 5.82 Å². The summed E-state index contributed by atoms with van der Waals surface area (Å²) in [6.45, 7) is 6.60. The molecule has 5 heteroatoms. The van der Waals surface area contributed by atoms with E-state index in [-0.39, 0.29) is 5.41 Å². The molecule has 1 aromatic carbocycles. The Morgan fingerprint density at radius 2 is 1.85 bits per heavy atom. The zero-order valence-electron chi connectivity index (χ0n) is 12.1. The Labute approximate surface area is 119 Å². The first-order chi connectivity index (χ1) is 9.49. The van der Waals surface area contributed by atoms with Gasteiger partial charge < -0.3 is 10.2 Å². The zero-order valence-corrected chi connectivity index (χ0v) is 12.1. The molecule has 0 saturated heterocycles. The Morgan fingerprint density at radius 1 is 1.15 bits per heavy atom. The van der Waals surface area contributed by atoms with Gasteiger partial charge in [0.05, 0.1) is 0 Å². The number of anilines is 1. The molecule has 0 aliphatic carbocycles. The van der Waals surface area contributed by atoms with Gasteiger partial charge in [-0.2, -0.15) is 4.98 Å². The maximum absolute atomic E-state index is 5.72. The number of ether oxygens (including phenoxy) is 1. The van der Waals surface area contributed by atoms with Crippen molar-refractivity contribution in [3.63, 3.8) is 0 Å². The molecule has 0 atom stereocenters. The highest BCUT2D eigenvalue weighted by Crippen LogP contribution is 2.23. The van der Waals surface area contributed by atoms with Gasteiger partial charge in [-0.3, -0.25) is 0 Å². The number of rotatable bonds is 4. The van der Waals surface area contributed by atoms with Crippen LogP contribution >= 0.6 is 0 Å². The standard InChI is InChI=1S/C15H20N4O/c1-15(2,3)14-17-12(19-16)9-13(18-14)20-10-11-7-5-4-6-8-11/h4-9H,10,16H2,1-3H3,(H,17,18,19). The smallest absolute Gasteiger partial charge is 0.219 e. The van der Waals surface area contributed by atoms with Crippen molar-refractivity contribution in [3.05, 3.63) is 47.8 Å². The number of benzene rings is 1. The number of aromatic nitrogens is 2. The van der Waals surface area contributed by atoms with Gasteiger partial charge in [-0.15, -0.1) is 0 Å². The van der Waals surface area contributed by atoms with E-state index < -0.39 is 0 Å². The number of nitrogens with one attached hydrogen (secondary N) is 1. The third kappa shape index (κ3) is 3.68. The summed E-state index contributed by atoms with van der Waals surface area (Å²) in [5, 5.41) is 0. The van der Waals surface area contributed by atoms with Gasteiger partial charge in [0.15, 0.2) is 0 Å². The summed E-state index contributed by atoms with van der Waals surface area (Å²) in [4.78, 5) is 8.79. The van der Waals surface area contributed by atoms with Crippen LogP contribution in [0, 0.1) is 0 Å². The summed E-state index contributed by atoms with van der Waals surface area (Å²) in [7, 11) is 0. The minimum absolute atomic E-state index is 0.169. The molecule has 2 aromatic rings. The van der Waals surface area contributed by atoms with Crippen LogP contribution in [0.2, 0.25) is 0 Å². The summed E-state index contributed by atoms with van der Waals surface area (Å²) in [6, 6.07) is 11.6. The number of nitrogen functional groups attached to an aromatic ring is 1. The molecular formula is C15H20N4O. The van der Waals surface area contributed by atoms with E-state index in [2.05, 4.69) is 15.4 Å². The van der Waals surface area contributed by atoms with Crippen molar-refractivity contribution in [2.24, 2.45) is 5.84 Å². The molecule has 3 N–H and O–H groups in total. The molecule has 1 heterocycles. The summed E-state index contributed by atoms with van der Waals surface area (Å²) < 4.78 is 5.72. The molecule has 0 fully saturated rings. The van der Waals surface area contributed by atoms with Crippen LogP contribution in [0.15, 0.2) is 36.4 Å². The number of hydrazine groups is 1. The van der Waals surface area contributed by atoms with Crippen LogP contribution in [0.1, 0.15) is 32.2 Å². The second kappa shape index (κ2) is 5.88. The minimum atomic E-state index is -0.169. The first-order valence-electron chi connectivity index (χ1n) is 6.52. The van der Waals surface area contributed by atoms with Crippen molar-refractivity contribution >= 4 is 5.82 Å². The normalized spacial score (nSPS) is 11.2. The summed E-state index contributed by atoms with van der Waals surface area (Å²) in [6.07, 6.45) is 0. The molecule has 0 bridgehead atoms. The lowest BCUT2D eigenvalue weighted by Crippen LogP contribution is -2.19. The van der Waals surface area contributed by atoms with E-state index in [9.17, 15) is 0 Å². The molecule has 20 heavy (non-hydrogen) atoms. The Morgan fingerprint density at radius 3 is 2.45 bits per heavy atom. The first-order valence-corrected chi connectivity index (χ1v) is 6.52. The molecular weight excluding hydrogens is 252 g/mol. The number of nitrogens with two attached hydrogens (primary N) is 1. The molecule has 0 saturated carbocycles. The molecule has 0 amide bonds. The third-order valence-corrected chi connectivity index (χ3v) is 2.75. The van der Waals surface area contributed by atoms with Gasteiger partial charge in [-0.05, 0) is 5.56 Å². The van der Waals surface area contributed by atoms with Crippen molar-refractivity contribution in [1.82, 2.24) is 9.97 Å². The van der Waals surface area contributed by atoms with Crippen molar-refractivity contribution < 1.29 is 4.74 Å². The van der Waals surface area contributed by atoms with Gasteiger partial charge in [0.25, 0.3) is 0 Å². The quantitative estimate of drug-likeness (QED) is 0.661. The minimum Gasteiger partial charge on any atom is -0.473 e. The molecule has 0 spiro atoms. The fourth-order valence-electron chi connectivity index (χ4n) is 1.64. The lowest BCUT2D eigenvalue weighted by Gasteiger charge is -2.18. The zero-order chi connectivity index (χ0) is 14.6. The van der Waals surface area contributed by atoms with Gasteiger partial charge >= 0.3 is 0 Å². The fraction of sp³-hybridized carbons (Fsp3) is 0.333. The molecule has 0 aliphatic heterocycles. The average Bonchev–Trinajstić information content (AvgIpc) is 2.45. The molecule has 0 radical (unpaired) electrons. The van der Waals surface area contributed by atoms with E-state index in [1.54, 1.807) is 6.07 Å². The highest BCUT2D eigenvalue weighted by atomic mass is 16.5. The third-order valence-electron chi connectivity index (χ3n) is 2.75. The maximum Gasteiger partial charge on any atom is 0.219 e. The molecule has 106 valence electrons. The lowest BCUT2D eigenvalue weighted by molar-refractivity contribution is 0.290. The van der Waals surface area contributed by atoms with Gasteiger partial charge in [0.1, 0.15) is 18.2 Å². The first kappa shape index (κ1) is 14.3. The van der Waals surface area contributed by atoms with Crippen molar-refractivity contribution in [1.29, 1.82) is 0 Å². The van der Waals surface area contributed by atoms with E-state index in [1.165, 1.54) is 0 Å². The van der Waals surface area contributed by atoms with Gasteiger partial charge in [0.2, 0.25) is 5.88 Å². The monoisotopic (exact) mass is 272 g/mol. The SMILES string of the molecule is CC(C)(C)c1nc(NN)cc(OCc2ccccc2)n1. The van der Waals surface area contributed by atoms with Gasteiger partial charge in [-0.1, -0.05) is 51.1 Å². The largest absolute Gasteiger partial charge is 0.473 e. The van der Waals surface area contributed by atoms with Crippen LogP contribution in [-0.4, -0.2) is 9.97 Å². The Balaban J connectivity index is 2.19. The molecule has 0 unspecified atom stereocenters. The van der Waals surface area contributed by atoms with Crippen LogP contribution in [0.25, 0.3) is 0 Å². The molecule has 5 nitrogen and oxygen atoms in total. The Hall–Kier alpha value is -2.14. The summed E-state index contributed by atoms with van der Waals surface area (Å²) >= 11 is 0. The molecule has 0 aliphatic rings. The maximum atomic E-state index is 5.72. The number of hydrogen-bond acceptors (Lipinski definition) is 5. The van der Waals surface area contributed by atoms with E-state index in [4.69, 9.17) is 10.6 Å². The van der Waals surface area contributed by atoms with Crippen molar-refractivity contribution in [3.8, 4) is 5.88 Å². The fourth-order valence-corrected chi connectivity index (χ4v) is 1.64. The number of nitrogens with zero attached hydrogens (tertiary/aromatic N) is 2. The summed E-state index contributed by atoms with van der Waals surface area (Å²) in [5.41, 5.74) is 3.47. The predicted octanol–water partition coefficient (Wildman–Crippen LogP) is 2.64. The molecule has 2 rings (SSSR count). The Kier molecular flexibility index (Phi) is 4.20. The van der Waals surface area contributed by atoms with Crippen LogP contribution in [0.5, 0.6) is 5.88 Å². The summed E-state index contributed by atoms with van der Waals surface area (Å²) in [5.74, 6) is 7.20. The van der Waals surface area contributed by atoms with Gasteiger partial charge in [0, 0.05) is 11.5 Å². The van der Waals surface area contributed by atoms with Crippen molar-refractivity contribution in [2.75, 3.05) is 5.43 Å². The van der Waals surface area contributed by atoms with E-state index in [0.29, 0.717) is 24.1 Å². The van der Waals surface area contributed by atoms with Crippen LogP contribution < -0.4 is 16.0 Å². The van der Waals surface area contributed by atoms with Crippen LogP contribution in [0.3, 0.4) is 0 Å². The lowest BCUT2D eigenvalue weighted by atomic mass is 9.96. The Bertz CT molecular complexity index is 564. The number of hydrogen-bond donors (Lipinski definition) is 2. The average molecular weight is 272 g/mol. The van der Waals surface area contributed by atoms with Crippen LogP contribution in [-0.2, 0) is 12.0 Å². The molecule has 1 aromatic heterocycles. The second-order valence-corrected chi connectivity index (χ2v) is 5.58. The van der Waals surface area contributed by atoms with E-state index in [0.717, 1.165) is 5.56 Å². The van der Waals surface area contributed by atoms with E-state index in [1.807, 2.05) is 51.1 Å².